The highest BCUT2D eigenvalue weighted by atomic mass is 16.5. The largest absolute Gasteiger partial charge is 0.481 e. The predicted molar refractivity (Wildman–Crippen MR) is 105 cm³/mol. The van der Waals surface area contributed by atoms with Gasteiger partial charge in [-0.1, -0.05) is 6.07 Å². The fourth-order valence-corrected chi connectivity index (χ4v) is 3.88. The van der Waals surface area contributed by atoms with Gasteiger partial charge in [0.25, 0.3) is 0 Å². The van der Waals surface area contributed by atoms with Crippen molar-refractivity contribution in [3.8, 4) is 23.2 Å². The Morgan fingerprint density at radius 2 is 2.07 bits per heavy atom. The molecule has 0 spiro atoms. The summed E-state index contributed by atoms with van der Waals surface area (Å²) in [5.74, 6) is 1.21. The number of anilines is 1. The Morgan fingerprint density at radius 1 is 1.21 bits per heavy atom. The first kappa shape index (κ1) is 15.4. The van der Waals surface area contributed by atoms with E-state index in [4.69, 9.17) is 12.7 Å². The van der Waals surface area contributed by atoms with Crippen LogP contribution >= 0.6 is 0 Å². The second kappa shape index (κ2) is 7.14. The third-order valence-corrected chi connectivity index (χ3v) is 5.39. The first-order valence-electron chi connectivity index (χ1n) is 10.3. The average molecular weight is 390 g/mol. The van der Waals surface area contributed by atoms with Gasteiger partial charge in [0, 0.05) is 46.7 Å². The Kier molecular flexibility index (Phi) is 3.80. The van der Waals surface area contributed by atoms with Crippen LogP contribution in [0.15, 0.2) is 36.9 Å². The number of rotatable bonds is 5. The van der Waals surface area contributed by atoms with Gasteiger partial charge in [0.15, 0.2) is 0 Å². The lowest BCUT2D eigenvalue weighted by molar-refractivity contribution is -0.00879. The number of ether oxygens (including phenoxy) is 1. The lowest BCUT2D eigenvalue weighted by Crippen LogP contribution is -2.68. The van der Waals surface area contributed by atoms with Crippen molar-refractivity contribution in [2.24, 2.45) is 0 Å². The molecule has 0 amide bonds. The number of aromatic nitrogens is 5. The van der Waals surface area contributed by atoms with Gasteiger partial charge in [0.2, 0.25) is 5.88 Å². The molecule has 146 valence electrons. The van der Waals surface area contributed by atoms with Gasteiger partial charge < -0.3 is 9.64 Å². The number of pyridine rings is 1. The normalized spacial score (nSPS) is 22.3. The van der Waals surface area contributed by atoms with Gasteiger partial charge in [-0.05, 0) is 12.0 Å². The molecule has 2 bridgehead atoms. The molecule has 6 rings (SSSR count). The molecular weight excluding hydrogens is 368 g/mol. The number of nitrogens with one attached hydrogen (secondary N) is 1. The molecule has 9 heteroatoms. The summed E-state index contributed by atoms with van der Waals surface area (Å²) in [4.78, 5) is 17.2. The second-order valence-corrected chi connectivity index (χ2v) is 7.09. The number of nitriles is 1. The molecule has 3 aliphatic heterocycles. The zero-order chi connectivity index (χ0) is 21.6. The van der Waals surface area contributed by atoms with E-state index < -0.39 is 6.50 Å². The quantitative estimate of drug-likeness (QED) is 0.700. The van der Waals surface area contributed by atoms with E-state index in [0.29, 0.717) is 41.5 Å². The third kappa shape index (κ3) is 3.17. The molecular formula is C20H20N8O. The maximum Gasteiger partial charge on any atom is 0.212 e. The van der Waals surface area contributed by atoms with Crippen LogP contribution in [0, 0.1) is 11.3 Å². The Balaban J connectivity index is 1.30. The first-order valence-corrected chi connectivity index (χ1v) is 9.31. The molecule has 3 saturated heterocycles. The number of piperazine rings is 1. The van der Waals surface area contributed by atoms with Crippen LogP contribution < -0.4 is 9.64 Å². The van der Waals surface area contributed by atoms with Crippen molar-refractivity contribution < 1.29 is 7.48 Å². The highest BCUT2D eigenvalue weighted by Gasteiger charge is 2.44. The molecule has 0 radical (unpaired) electrons. The fraction of sp³-hybridized carbons (Fsp3) is 0.350. The monoisotopic (exact) mass is 390 g/mol. The minimum Gasteiger partial charge on any atom is -0.481 e. The van der Waals surface area contributed by atoms with Crippen LogP contribution in [-0.2, 0) is 6.50 Å². The Labute approximate surface area is 170 Å². The highest BCUT2D eigenvalue weighted by molar-refractivity contribution is 5.64. The van der Waals surface area contributed by atoms with E-state index in [1.807, 2.05) is 4.90 Å². The maximum absolute atomic E-state index is 9.14. The predicted octanol–water partition coefficient (Wildman–Crippen LogP) is 1.61. The number of nitrogens with zero attached hydrogens (tertiary/aromatic N) is 7. The fourth-order valence-electron chi connectivity index (χ4n) is 3.88. The maximum atomic E-state index is 9.14. The molecule has 3 aliphatic rings. The van der Waals surface area contributed by atoms with E-state index in [-0.39, 0.29) is 12.1 Å². The molecule has 3 aromatic rings. The highest BCUT2D eigenvalue weighted by Crippen LogP contribution is 2.35. The Bertz CT molecular complexity index is 1110. The van der Waals surface area contributed by atoms with Crippen molar-refractivity contribution in [1.82, 2.24) is 30.0 Å². The van der Waals surface area contributed by atoms with E-state index in [1.165, 1.54) is 7.11 Å². The van der Waals surface area contributed by atoms with E-state index in [0.717, 1.165) is 12.2 Å². The van der Waals surface area contributed by atoms with Gasteiger partial charge in [-0.25, -0.2) is 9.97 Å². The number of methoxy groups -OCH3 is 1. The van der Waals surface area contributed by atoms with E-state index in [1.54, 1.807) is 36.9 Å². The zero-order valence-corrected chi connectivity index (χ0v) is 15.8. The Morgan fingerprint density at radius 3 is 2.72 bits per heavy atom. The number of H-pyrrole nitrogens is 1. The summed E-state index contributed by atoms with van der Waals surface area (Å²) in [5, 5.41) is 15.7. The smallest absolute Gasteiger partial charge is 0.212 e. The number of hydrogen-bond donors (Lipinski definition) is 1. The van der Waals surface area contributed by atoms with Crippen molar-refractivity contribution in [3.63, 3.8) is 0 Å². The molecule has 2 unspecified atom stereocenters. The van der Waals surface area contributed by atoms with Crippen LogP contribution in [-0.4, -0.2) is 62.3 Å². The van der Waals surface area contributed by atoms with Gasteiger partial charge in [0.05, 0.1) is 37.0 Å². The average Bonchev–Trinajstić information content (AvgIpc) is 3.28. The summed E-state index contributed by atoms with van der Waals surface area (Å²) in [7, 11) is 1.54. The van der Waals surface area contributed by atoms with Crippen molar-refractivity contribution in [2.45, 2.75) is 25.0 Å². The summed E-state index contributed by atoms with van der Waals surface area (Å²) in [6.07, 6.45) is 7.39. The number of hydrogen-bond acceptors (Lipinski definition) is 8. The van der Waals surface area contributed by atoms with E-state index in [9.17, 15) is 0 Å². The number of fused-ring (bicyclic) bond motifs is 2. The molecule has 1 N–H and O–H groups in total. The van der Waals surface area contributed by atoms with Gasteiger partial charge in [-0.2, -0.15) is 10.4 Å². The first-order chi connectivity index (χ1) is 15.0. The van der Waals surface area contributed by atoms with Crippen LogP contribution in [0.1, 0.15) is 20.4 Å². The van der Waals surface area contributed by atoms with Crippen molar-refractivity contribution >= 4 is 5.82 Å². The molecule has 29 heavy (non-hydrogen) atoms. The molecule has 0 aliphatic carbocycles. The van der Waals surface area contributed by atoms with Gasteiger partial charge in [-0.3, -0.25) is 15.0 Å². The molecule has 0 saturated carbocycles. The lowest BCUT2D eigenvalue weighted by Gasteiger charge is -2.56. The van der Waals surface area contributed by atoms with Crippen LogP contribution in [0.2, 0.25) is 0 Å². The van der Waals surface area contributed by atoms with Crippen LogP contribution in [0.5, 0.6) is 5.88 Å². The summed E-state index contributed by atoms with van der Waals surface area (Å²) in [5.41, 5.74) is 2.08. The number of aromatic amines is 1. The Hall–Kier alpha value is -3.51. The third-order valence-electron chi connectivity index (χ3n) is 5.39. The van der Waals surface area contributed by atoms with Gasteiger partial charge in [-0.15, -0.1) is 0 Å². The van der Waals surface area contributed by atoms with Gasteiger partial charge >= 0.3 is 0 Å². The number of piperidine rings is 1. The minimum absolute atomic E-state index is 0.0800. The summed E-state index contributed by atoms with van der Waals surface area (Å²) < 4.78 is 22.5. The zero-order valence-electron chi connectivity index (χ0n) is 17.8. The van der Waals surface area contributed by atoms with Crippen molar-refractivity contribution in [3.05, 3.63) is 48.2 Å². The van der Waals surface area contributed by atoms with Crippen LogP contribution in [0.3, 0.4) is 0 Å². The SMILES string of the molecule is [2H]C([2H])(c1ccc(OC)nc1)N1C2CC1CN(c1cnc(-c3cn[nH]c3C#N)cn1)C2. The topological polar surface area (TPSA) is 107 Å². The summed E-state index contributed by atoms with van der Waals surface area (Å²) >= 11 is 0. The molecule has 3 aromatic heterocycles. The molecule has 2 atom stereocenters. The summed E-state index contributed by atoms with van der Waals surface area (Å²) in [6, 6.07) is 5.63. The minimum atomic E-state index is -1.61. The second-order valence-electron chi connectivity index (χ2n) is 7.09. The molecule has 6 heterocycles. The summed E-state index contributed by atoms with van der Waals surface area (Å²) in [6.45, 7) is -0.269. The van der Waals surface area contributed by atoms with Crippen LogP contribution in [0.4, 0.5) is 5.82 Å². The lowest BCUT2D eigenvalue weighted by atomic mass is 9.87. The van der Waals surface area contributed by atoms with E-state index >= 15 is 0 Å². The molecule has 3 fully saturated rings. The molecule has 0 aromatic carbocycles. The van der Waals surface area contributed by atoms with Crippen molar-refractivity contribution in [2.75, 3.05) is 25.1 Å². The molecule has 9 nitrogen and oxygen atoms in total. The van der Waals surface area contributed by atoms with Gasteiger partial charge in [0.1, 0.15) is 17.6 Å². The standard InChI is InChI=1S/C20H20N8O/c1-29-20-3-2-13(6-24-20)10-28-14-4-15(28)12-27(11-14)19-9-22-18(8-23-19)16-7-25-26-17(16)5-21/h2-3,6-9,14-15H,4,10-12H2,1H3,(H,25,26)/i10D2. The van der Waals surface area contributed by atoms with E-state index in [2.05, 4.69) is 36.1 Å². The van der Waals surface area contributed by atoms with Crippen molar-refractivity contribution in [1.29, 1.82) is 5.26 Å². The van der Waals surface area contributed by atoms with Crippen LogP contribution in [0.25, 0.3) is 11.3 Å².